The highest BCUT2D eigenvalue weighted by Gasteiger charge is 2.47. The van der Waals surface area contributed by atoms with Crippen molar-refractivity contribution in [2.24, 2.45) is 0 Å². The van der Waals surface area contributed by atoms with E-state index in [0.717, 1.165) is 30.7 Å². The number of hydrogen-bond donors (Lipinski definition) is 1. The van der Waals surface area contributed by atoms with E-state index in [4.69, 9.17) is 16.3 Å². The number of hydrogen-bond acceptors (Lipinski definition) is 4. The summed E-state index contributed by atoms with van der Waals surface area (Å²) in [5.41, 5.74) is 1.91. The van der Waals surface area contributed by atoms with Crippen LogP contribution in [0.3, 0.4) is 0 Å². The van der Waals surface area contributed by atoms with Crippen molar-refractivity contribution in [3.8, 4) is 0 Å². The Hall–Kier alpha value is -1.10. The lowest BCUT2D eigenvalue weighted by Gasteiger charge is -2.27. The molecule has 2 atom stereocenters. The quantitative estimate of drug-likeness (QED) is 0.864. The predicted octanol–water partition coefficient (Wildman–Crippen LogP) is 2.03. The van der Waals surface area contributed by atoms with Crippen LogP contribution in [-0.2, 0) is 26.3 Å². The van der Waals surface area contributed by atoms with Crippen molar-refractivity contribution in [2.75, 3.05) is 20.3 Å². The van der Waals surface area contributed by atoms with Gasteiger partial charge in [-0.1, -0.05) is 23.7 Å². The third-order valence-corrected chi connectivity index (χ3v) is 4.58. The Labute approximate surface area is 123 Å². The van der Waals surface area contributed by atoms with Crippen molar-refractivity contribution >= 4 is 17.6 Å². The third-order valence-electron chi connectivity index (χ3n) is 4.21. The summed E-state index contributed by atoms with van der Waals surface area (Å²) >= 11 is 6.22. The van der Waals surface area contributed by atoms with Crippen LogP contribution in [0.2, 0.25) is 5.02 Å². The average molecular weight is 296 g/mol. The fraction of sp³-hybridized carbons (Fsp3) is 0.533. The average Bonchev–Trinajstić information content (AvgIpc) is 3.07. The van der Waals surface area contributed by atoms with Crippen LogP contribution < -0.4 is 5.32 Å². The predicted molar refractivity (Wildman–Crippen MR) is 75.8 cm³/mol. The molecule has 1 N–H and O–H groups in total. The second-order valence-electron chi connectivity index (χ2n) is 5.47. The van der Waals surface area contributed by atoms with Gasteiger partial charge in [-0.2, -0.15) is 0 Å². The first-order valence-electron chi connectivity index (χ1n) is 6.86. The maximum absolute atomic E-state index is 11.3. The fourth-order valence-electron chi connectivity index (χ4n) is 3.03. The molecular formula is C15H18ClNO3. The van der Waals surface area contributed by atoms with Crippen LogP contribution in [0, 0.1) is 0 Å². The molecule has 0 aliphatic carbocycles. The molecule has 2 saturated heterocycles. The summed E-state index contributed by atoms with van der Waals surface area (Å²) in [5.74, 6) is -0.218. The van der Waals surface area contributed by atoms with Crippen molar-refractivity contribution in [2.45, 2.75) is 30.9 Å². The Morgan fingerprint density at radius 3 is 3.05 bits per heavy atom. The van der Waals surface area contributed by atoms with E-state index >= 15 is 0 Å². The number of nitrogens with one attached hydrogen (secondary N) is 1. The highest BCUT2D eigenvalue weighted by molar-refractivity contribution is 6.31. The topological polar surface area (TPSA) is 47.6 Å². The molecule has 2 aliphatic heterocycles. The SMILES string of the molecule is COC(=O)CCc1cc(C23CNC(CO2)C3)ccc1Cl. The number of carbonyl (C=O) groups excluding carboxylic acids is 1. The highest BCUT2D eigenvalue weighted by atomic mass is 35.5. The Balaban J connectivity index is 1.81. The first-order valence-corrected chi connectivity index (χ1v) is 7.24. The normalized spacial score (nSPS) is 27.8. The summed E-state index contributed by atoms with van der Waals surface area (Å²) in [6.07, 6.45) is 1.94. The molecule has 0 radical (unpaired) electrons. The van der Waals surface area contributed by atoms with E-state index in [2.05, 4.69) is 16.1 Å². The van der Waals surface area contributed by atoms with Gasteiger partial charge in [-0.25, -0.2) is 0 Å². The summed E-state index contributed by atoms with van der Waals surface area (Å²) in [4.78, 5) is 11.3. The van der Waals surface area contributed by atoms with Gasteiger partial charge in [0.15, 0.2) is 0 Å². The summed E-state index contributed by atoms with van der Waals surface area (Å²) in [5, 5.41) is 4.15. The van der Waals surface area contributed by atoms with Gasteiger partial charge in [0.05, 0.1) is 13.7 Å². The number of halogens is 1. The number of methoxy groups -OCH3 is 1. The molecule has 20 heavy (non-hydrogen) atoms. The minimum absolute atomic E-state index is 0.213. The Bertz CT molecular complexity index is 524. The van der Waals surface area contributed by atoms with Crippen LogP contribution in [-0.4, -0.2) is 32.3 Å². The molecule has 5 heteroatoms. The molecule has 108 valence electrons. The smallest absolute Gasteiger partial charge is 0.305 e. The van der Waals surface area contributed by atoms with E-state index in [1.165, 1.54) is 7.11 Å². The molecule has 2 unspecified atom stereocenters. The summed E-state index contributed by atoms with van der Waals surface area (Å²) in [7, 11) is 1.40. The standard InChI is InChI=1S/C15H18ClNO3/c1-19-14(18)5-2-10-6-11(3-4-13(10)16)15-7-12(8-20-15)17-9-15/h3-4,6,12,17H,2,5,7-9H2,1H3. The van der Waals surface area contributed by atoms with Crippen LogP contribution in [0.15, 0.2) is 18.2 Å². The molecule has 0 amide bonds. The number of benzene rings is 1. The van der Waals surface area contributed by atoms with Crippen LogP contribution in [0.25, 0.3) is 0 Å². The van der Waals surface area contributed by atoms with Crippen molar-refractivity contribution in [1.29, 1.82) is 0 Å². The van der Waals surface area contributed by atoms with Crippen molar-refractivity contribution in [3.05, 3.63) is 34.3 Å². The molecule has 2 heterocycles. The van der Waals surface area contributed by atoms with Gasteiger partial charge in [-0.3, -0.25) is 4.79 Å². The van der Waals surface area contributed by atoms with Gasteiger partial charge >= 0.3 is 5.97 Å². The van der Waals surface area contributed by atoms with Gasteiger partial charge in [0.2, 0.25) is 0 Å². The molecule has 1 aromatic carbocycles. The third kappa shape index (κ3) is 2.43. The zero-order valence-electron chi connectivity index (χ0n) is 11.4. The number of morpholine rings is 1. The van der Waals surface area contributed by atoms with Crippen LogP contribution in [0.1, 0.15) is 24.0 Å². The summed E-state index contributed by atoms with van der Waals surface area (Å²) < 4.78 is 10.6. The lowest BCUT2D eigenvalue weighted by atomic mass is 9.91. The molecule has 0 spiro atoms. The second-order valence-corrected chi connectivity index (χ2v) is 5.88. The number of fused-ring (bicyclic) bond motifs is 2. The first-order chi connectivity index (χ1) is 9.63. The van der Waals surface area contributed by atoms with Crippen LogP contribution >= 0.6 is 11.6 Å². The largest absolute Gasteiger partial charge is 0.469 e. The molecule has 2 fully saturated rings. The lowest BCUT2D eigenvalue weighted by Crippen LogP contribution is -2.37. The monoisotopic (exact) mass is 295 g/mol. The maximum atomic E-state index is 11.3. The number of esters is 1. The molecule has 4 nitrogen and oxygen atoms in total. The molecule has 0 saturated carbocycles. The minimum atomic E-state index is -0.218. The number of aryl methyl sites for hydroxylation is 1. The van der Waals surface area contributed by atoms with Crippen molar-refractivity contribution in [1.82, 2.24) is 5.32 Å². The first kappa shape index (κ1) is 13.9. The van der Waals surface area contributed by atoms with E-state index in [9.17, 15) is 4.79 Å². The molecule has 2 aliphatic rings. The molecule has 3 rings (SSSR count). The van der Waals surface area contributed by atoms with Gasteiger partial charge in [-0.15, -0.1) is 0 Å². The van der Waals surface area contributed by atoms with Crippen LogP contribution in [0.4, 0.5) is 0 Å². The zero-order chi connectivity index (χ0) is 14.2. The Morgan fingerprint density at radius 2 is 2.45 bits per heavy atom. The van der Waals surface area contributed by atoms with Crippen LogP contribution in [0.5, 0.6) is 0 Å². The zero-order valence-corrected chi connectivity index (χ0v) is 12.2. The van der Waals surface area contributed by atoms with Crippen molar-refractivity contribution < 1.29 is 14.3 Å². The van der Waals surface area contributed by atoms with Crippen molar-refractivity contribution in [3.63, 3.8) is 0 Å². The molecule has 0 aromatic heterocycles. The number of ether oxygens (including phenoxy) is 2. The van der Waals surface area contributed by atoms with Gasteiger partial charge < -0.3 is 14.8 Å². The lowest BCUT2D eigenvalue weighted by molar-refractivity contribution is -0.140. The summed E-state index contributed by atoms with van der Waals surface area (Å²) in [6, 6.07) is 6.46. The number of carbonyl (C=O) groups is 1. The van der Waals surface area contributed by atoms with E-state index < -0.39 is 0 Å². The Kier molecular flexibility index (Phi) is 3.71. The Morgan fingerprint density at radius 1 is 1.60 bits per heavy atom. The van der Waals surface area contributed by atoms with E-state index in [0.29, 0.717) is 23.9 Å². The molecule has 1 aromatic rings. The highest BCUT2D eigenvalue weighted by Crippen LogP contribution is 2.41. The second kappa shape index (κ2) is 5.35. The fourth-order valence-corrected chi connectivity index (χ4v) is 3.24. The van der Waals surface area contributed by atoms with Gasteiger partial charge in [0.1, 0.15) is 5.60 Å². The maximum Gasteiger partial charge on any atom is 0.305 e. The van der Waals surface area contributed by atoms with Gasteiger partial charge in [0, 0.05) is 24.0 Å². The van der Waals surface area contributed by atoms with Gasteiger partial charge in [-0.05, 0) is 30.0 Å². The summed E-state index contributed by atoms with van der Waals surface area (Å²) in [6.45, 7) is 1.61. The molecule has 2 bridgehead atoms. The van der Waals surface area contributed by atoms with E-state index in [-0.39, 0.29) is 11.6 Å². The number of rotatable bonds is 4. The van der Waals surface area contributed by atoms with E-state index in [1.807, 2.05) is 12.1 Å². The minimum Gasteiger partial charge on any atom is -0.469 e. The van der Waals surface area contributed by atoms with E-state index in [1.54, 1.807) is 0 Å². The molecular weight excluding hydrogens is 278 g/mol. The van der Waals surface area contributed by atoms with Gasteiger partial charge in [0.25, 0.3) is 0 Å².